The summed E-state index contributed by atoms with van der Waals surface area (Å²) in [5, 5.41) is 4.30. The Balaban J connectivity index is 2.10. The number of hydrogen-bond acceptors (Lipinski definition) is 4. The number of benzene rings is 1. The van der Waals surface area contributed by atoms with Gasteiger partial charge in [-0.25, -0.2) is 14.6 Å². The third-order valence-electron chi connectivity index (χ3n) is 2.58. The fraction of sp³-hybridized carbons (Fsp3) is 0. The van der Waals surface area contributed by atoms with Gasteiger partial charge in [-0.1, -0.05) is 18.2 Å². The number of anilines is 1. The van der Waals surface area contributed by atoms with E-state index in [1.54, 1.807) is 12.4 Å². The number of aromatic nitrogens is 4. The molecule has 0 saturated heterocycles. The summed E-state index contributed by atoms with van der Waals surface area (Å²) in [4.78, 5) is 8.30. The van der Waals surface area contributed by atoms with E-state index >= 15 is 0 Å². The molecule has 0 spiro atoms. The van der Waals surface area contributed by atoms with Crippen molar-refractivity contribution in [2.45, 2.75) is 0 Å². The molecule has 0 amide bonds. The smallest absolute Gasteiger partial charge is 0.141 e. The number of nitrogens with two attached hydrogens (primary N) is 1. The van der Waals surface area contributed by atoms with E-state index in [1.807, 2.05) is 41.1 Å². The molecule has 18 heavy (non-hydrogen) atoms. The van der Waals surface area contributed by atoms with Crippen molar-refractivity contribution < 1.29 is 0 Å². The highest BCUT2D eigenvalue weighted by Gasteiger charge is 2.08. The fourth-order valence-corrected chi connectivity index (χ4v) is 1.74. The quantitative estimate of drug-likeness (QED) is 0.739. The topological polar surface area (TPSA) is 69.6 Å². The Morgan fingerprint density at radius 1 is 0.944 bits per heavy atom. The molecule has 88 valence electrons. The predicted octanol–water partition coefficient (Wildman–Crippen LogP) is 1.91. The van der Waals surface area contributed by atoms with Gasteiger partial charge in [-0.05, 0) is 18.2 Å². The molecule has 1 aromatic carbocycles. The molecule has 2 aromatic heterocycles. The minimum Gasteiger partial charge on any atom is -0.382 e. The number of hydrogen-bond donors (Lipinski definition) is 1. The van der Waals surface area contributed by atoms with Gasteiger partial charge in [0.05, 0.1) is 30.0 Å². The molecule has 0 bridgehead atoms. The zero-order valence-electron chi connectivity index (χ0n) is 9.56. The van der Waals surface area contributed by atoms with E-state index in [0.29, 0.717) is 5.82 Å². The van der Waals surface area contributed by atoms with Gasteiger partial charge in [0.25, 0.3) is 0 Å². The van der Waals surface area contributed by atoms with Crippen molar-refractivity contribution in [3.63, 3.8) is 0 Å². The summed E-state index contributed by atoms with van der Waals surface area (Å²) in [6.45, 7) is 0. The van der Waals surface area contributed by atoms with Crippen molar-refractivity contribution in [3.05, 3.63) is 55.0 Å². The van der Waals surface area contributed by atoms with Crippen LogP contribution in [0.15, 0.2) is 55.0 Å². The van der Waals surface area contributed by atoms with Crippen LogP contribution in [0, 0.1) is 0 Å². The van der Waals surface area contributed by atoms with Gasteiger partial charge in [0.2, 0.25) is 0 Å². The number of para-hydroxylation sites is 1. The van der Waals surface area contributed by atoms with Gasteiger partial charge in [-0.15, -0.1) is 0 Å². The third-order valence-corrected chi connectivity index (χ3v) is 2.58. The summed E-state index contributed by atoms with van der Waals surface area (Å²) in [6, 6.07) is 11.8. The Bertz CT molecular complexity index is 643. The van der Waals surface area contributed by atoms with Crippen LogP contribution in [0.1, 0.15) is 0 Å². The van der Waals surface area contributed by atoms with Crippen molar-refractivity contribution in [1.82, 2.24) is 19.7 Å². The Kier molecular flexibility index (Phi) is 2.49. The Hall–Kier alpha value is -2.69. The maximum atomic E-state index is 5.53. The summed E-state index contributed by atoms with van der Waals surface area (Å²) in [7, 11) is 0. The number of nitrogens with zero attached hydrogens (tertiary/aromatic N) is 4. The maximum absolute atomic E-state index is 5.53. The summed E-state index contributed by atoms with van der Waals surface area (Å²) >= 11 is 0. The molecule has 0 atom stereocenters. The SMILES string of the molecule is Nc1cnc(-c2ccnn2-c2ccccc2)cn1. The second-order valence-electron chi connectivity index (χ2n) is 3.79. The van der Waals surface area contributed by atoms with Gasteiger partial charge in [-0.2, -0.15) is 5.10 Å². The van der Waals surface area contributed by atoms with E-state index in [1.165, 1.54) is 6.20 Å². The molecule has 0 unspecified atom stereocenters. The first kappa shape index (κ1) is 10.5. The van der Waals surface area contributed by atoms with E-state index in [-0.39, 0.29) is 0 Å². The lowest BCUT2D eigenvalue weighted by molar-refractivity contribution is 0.883. The van der Waals surface area contributed by atoms with Crippen LogP contribution in [0.3, 0.4) is 0 Å². The zero-order chi connectivity index (χ0) is 12.4. The fourth-order valence-electron chi connectivity index (χ4n) is 1.74. The minimum atomic E-state index is 0.407. The predicted molar refractivity (Wildman–Crippen MR) is 69.0 cm³/mol. The molecule has 2 N–H and O–H groups in total. The second-order valence-corrected chi connectivity index (χ2v) is 3.79. The maximum Gasteiger partial charge on any atom is 0.141 e. The molecule has 3 rings (SSSR count). The summed E-state index contributed by atoms with van der Waals surface area (Å²) in [5.41, 5.74) is 8.14. The molecule has 0 aliphatic carbocycles. The van der Waals surface area contributed by atoms with Crippen molar-refractivity contribution in [1.29, 1.82) is 0 Å². The molecule has 0 radical (unpaired) electrons. The van der Waals surface area contributed by atoms with E-state index in [0.717, 1.165) is 17.1 Å². The van der Waals surface area contributed by atoms with Gasteiger partial charge in [0.15, 0.2) is 0 Å². The van der Waals surface area contributed by atoms with Crippen LogP contribution in [-0.4, -0.2) is 19.7 Å². The molecule has 0 saturated carbocycles. The van der Waals surface area contributed by atoms with Crippen LogP contribution in [0.2, 0.25) is 0 Å². The number of rotatable bonds is 2. The summed E-state index contributed by atoms with van der Waals surface area (Å²) < 4.78 is 1.82. The van der Waals surface area contributed by atoms with Gasteiger partial charge in [-0.3, -0.25) is 0 Å². The van der Waals surface area contributed by atoms with Crippen molar-refractivity contribution in [2.24, 2.45) is 0 Å². The molecule has 0 fully saturated rings. The van der Waals surface area contributed by atoms with E-state index in [4.69, 9.17) is 5.73 Å². The highest BCUT2D eigenvalue weighted by Crippen LogP contribution is 2.19. The zero-order valence-corrected chi connectivity index (χ0v) is 9.56. The molecule has 3 aromatic rings. The van der Waals surface area contributed by atoms with Crippen molar-refractivity contribution in [2.75, 3.05) is 5.73 Å². The Morgan fingerprint density at radius 2 is 1.78 bits per heavy atom. The average molecular weight is 237 g/mol. The largest absolute Gasteiger partial charge is 0.382 e. The van der Waals surface area contributed by atoms with Gasteiger partial charge >= 0.3 is 0 Å². The van der Waals surface area contributed by atoms with E-state index < -0.39 is 0 Å². The first-order valence-electron chi connectivity index (χ1n) is 5.52. The molecular formula is C13H11N5. The standard InChI is InChI=1S/C13H11N5/c14-13-9-15-11(8-16-13)12-6-7-17-18(12)10-4-2-1-3-5-10/h1-9H,(H2,14,16). The first-order chi connectivity index (χ1) is 8.84. The van der Waals surface area contributed by atoms with Crippen LogP contribution in [-0.2, 0) is 0 Å². The number of nitrogen functional groups attached to an aromatic ring is 1. The summed E-state index contributed by atoms with van der Waals surface area (Å²) in [5.74, 6) is 0.407. The van der Waals surface area contributed by atoms with Crippen LogP contribution >= 0.6 is 0 Å². The van der Waals surface area contributed by atoms with Crippen LogP contribution in [0.5, 0.6) is 0 Å². The van der Waals surface area contributed by atoms with Gasteiger partial charge < -0.3 is 5.73 Å². The minimum absolute atomic E-state index is 0.407. The van der Waals surface area contributed by atoms with Crippen molar-refractivity contribution in [3.8, 4) is 17.1 Å². The van der Waals surface area contributed by atoms with E-state index in [9.17, 15) is 0 Å². The van der Waals surface area contributed by atoms with Crippen molar-refractivity contribution >= 4 is 5.82 Å². The summed E-state index contributed by atoms with van der Waals surface area (Å²) in [6.07, 6.45) is 4.92. The first-order valence-corrected chi connectivity index (χ1v) is 5.52. The van der Waals surface area contributed by atoms with Gasteiger partial charge in [0, 0.05) is 0 Å². The highest BCUT2D eigenvalue weighted by molar-refractivity contribution is 5.57. The lowest BCUT2D eigenvalue weighted by atomic mass is 10.3. The Labute approximate surface area is 104 Å². The molecule has 5 heteroatoms. The molecular weight excluding hydrogens is 226 g/mol. The van der Waals surface area contributed by atoms with E-state index in [2.05, 4.69) is 15.1 Å². The van der Waals surface area contributed by atoms with Gasteiger partial charge in [0.1, 0.15) is 11.5 Å². The lowest BCUT2D eigenvalue weighted by Gasteiger charge is -2.06. The van der Waals surface area contributed by atoms with Crippen LogP contribution < -0.4 is 5.73 Å². The molecule has 0 aliphatic rings. The third kappa shape index (κ3) is 1.82. The average Bonchev–Trinajstić information content (AvgIpc) is 2.90. The molecule has 0 aliphatic heterocycles. The monoisotopic (exact) mass is 237 g/mol. The second kappa shape index (κ2) is 4.29. The molecule has 2 heterocycles. The normalized spacial score (nSPS) is 10.4. The molecule has 5 nitrogen and oxygen atoms in total. The Morgan fingerprint density at radius 3 is 2.50 bits per heavy atom. The van der Waals surface area contributed by atoms with Crippen LogP contribution in [0.25, 0.3) is 17.1 Å². The lowest BCUT2D eigenvalue weighted by Crippen LogP contribution is -2.00. The highest BCUT2D eigenvalue weighted by atomic mass is 15.3. The van der Waals surface area contributed by atoms with Crippen LogP contribution in [0.4, 0.5) is 5.82 Å².